The first kappa shape index (κ1) is 38.9. The van der Waals surface area contributed by atoms with Gasteiger partial charge in [0, 0.05) is 77.5 Å². The van der Waals surface area contributed by atoms with Crippen LogP contribution in [0.2, 0.25) is 0 Å². The van der Waals surface area contributed by atoms with E-state index in [1.54, 1.807) is 18.2 Å². The zero-order valence-electron chi connectivity index (χ0n) is 32.2. The number of fused-ring (bicyclic) bond motifs is 10. The minimum atomic E-state index is -1.23. The van der Waals surface area contributed by atoms with Gasteiger partial charge in [0.15, 0.2) is 0 Å². The van der Waals surface area contributed by atoms with Crippen molar-refractivity contribution in [1.82, 2.24) is 0 Å². The molecule has 4 bridgehead atoms. The summed E-state index contributed by atoms with van der Waals surface area (Å²) in [6.45, 7) is 7.98. The quantitative estimate of drug-likeness (QED) is 0.131. The summed E-state index contributed by atoms with van der Waals surface area (Å²) < 4.78 is 28.8. The van der Waals surface area contributed by atoms with E-state index >= 15 is 0 Å². The molecule has 3 aromatic rings. The van der Waals surface area contributed by atoms with E-state index in [1.807, 2.05) is 25.1 Å². The number of unbranched alkanes of at least 4 members (excludes halogenated alkanes) is 4. The second kappa shape index (κ2) is 16.8. The second-order valence-corrected chi connectivity index (χ2v) is 16.0. The predicted molar refractivity (Wildman–Crippen MR) is 217 cm³/mol. The molecule has 4 saturated heterocycles. The molecular formula is C44H53ClN4O7. The standard InChI is InChI=1S/C33H30N4O5.C11H23ClO2/c34-31-30(38)24-4-1-17(32(35)39)9-27(24)33(31)25-5-2-18(36-20-7-8-40-14-21(36)10-20)12-28(25)42-29-13-19(3-6-26(29)33)37-22-11-23(37)16-41-15-22;1-2-13-10-11-14-9-7-5-3-4-6-8-12/h1-6,9,12-13,20-23,34H,7-8,10-11,14-16H2,(H2,35,39);2-11H2,1H3. The van der Waals surface area contributed by atoms with E-state index in [1.165, 1.54) is 19.3 Å². The van der Waals surface area contributed by atoms with Crippen LogP contribution in [0.25, 0.3) is 0 Å². The first-order valence-electron chi connectivity index (χ1n) is 20.3. The largest absolute Gasteiger partial charge is 0.457 e. The van der Waals surface area contributed by atoms with Crippen LogP contribution >= 0.6 is 11.6 Å². The van der Waals surface area contributed by atoms with Crippen molar-refractivity contribution in [1.29, 1.82) is 5.41 Å². The van der Waals surface area contributed by atoms with Crippen molar-refractivity contribution in [3.05, 3.63) is 82.4 Å². The highest BCUT2D eigenvalue weighted by Gasteiger charge is 2.56. The molecule has 5 atom stereocenters. The number of ether oxygens (including phenoxy) is 5. The third-order valence-corrected chi connectivity index (χ3v) is 12.6. The maximum Gasteiger partial charge on any atom is 0.248 e. The summed E-state index contributed by atoms with van der Waals surface area (Å²) in [5.41, 5.74) is 9.27. The number of rotatable bonds is 14. The van der Waals surface area contributed by atoms with Gasteiger partial charge >= 0.3 is 0 Å². The van der Waals surface area contributed by atoms with E-state index < -0.39 is 11.3 Å². The summed E-state index contributed by atoms with van der Waals surface area (Å²) in [5, 5.41) is 9.35. The van der Waals surface area contributed by atoms with Crippen LogP contribution in [0, 0.1) is 5.41 Å². The fraction of sp³-hybridized carbons (Fsp3) is 0.523. The van der Waals surface area contributed by atoms with Gasteiger partial charge in [0.2, 0.25) is 11.7 Å². The molecule has 0 radical (unpaired) electrons. The molecule has 1 amide bonds. The van der Waals surface area contributed by atoms with Crippen molar-refractivity contribution in [2.75, 3.05) is 68.5 Å². The molecule has 3 aromatic carbocycles. The highest BCUT2D eigenvalue weighted by molar-refractivity contribution is 6.53. The Morgan fingerprint density at radius 3 is 2.09 bits per heavy atom. The van der Waals surface area contributed by atoms with E-state index in [0.717, 1.165) is 93.5 Å². The molecule has 12 heteroatoms. The molecule has 0 aromatic heterocycles. The molecule has 5 unspecified atom stereocenters. The number of nitrogens with two attached hydrogens (primary N) is 1. The van der Waals surface area contributed by atoms with Crippen LogP contribution in [0.1, 0.15) is 95.7 Å². The fourth-order valence-electron chi connectivity index (χ4n) is 9.52. The van der Waals surface area contributed by atoms with Crippen molar-refractivity contribution < 1.29 is 33.3 Å². The highest BCUT2D eigenvalue weighted by Crippen LogP contribution is 2.58. The Kier molecular flexibility index (Phi) is 11.7. The average Bonchev–Trinajstić information content (AvgIpc) is 3.46. The number of benzene rings is 3. The molecular weight excluding hydrogens is 732 g/mol. The molecule has 5 aliphatic heterocycles. The topological polar surface area (TPSA) is 137 Å². The molecule has 56 heavy (non-hydrogen) atoms. The minimum absolute atomic E-state index is 0.0503. The van der Waals surface area contributed by atoms with Gasteiger partial charge in [-0.1, -0.05) is 31.4 Å². The lowest BCUT2D eigenvalue weighted by Crippen LogP contribution is -2.64. The zero-order valence-corrected chi connectivity index (χ0v) is 33.0. The lowest BCUT2D eigenvalue weighted by Gasteiger charge is -2.54. The fourth-order valence-corrected chi connectivity index (χ4v) is 9.71. The Balaban J connectivity index is 0.000000272. The summed E-state index contributed by atoms with van der Waals surface area (Å²) in [6, 6.07) is 18.5. The van der Waals surface area contributed by atoms with Gasteiger partial charge in [0.25, 0.3) is 0 Å². The van der Waals surface area contributed by atoms with Crippen LogP contribution in [0.15, 0.2) is 54.6 Å². The molecule has 3 N–H and O–H groups in total. The third kappa shape index (κ3) is 7.00. The van der Waals surface area contributed by atoms with Gasteiger partial charge in [0.05, 0.1) is 62.3 Å². The molecule has 11 nitrogen and oxygen atoms in total. The first-order chi connectivity index (χ1) is 27.4. The van der Waals surface area contributed by atoms with Gasteiger partial charge in [-0.05, 0) is 74.9 Å². The first-order valence-corrected chi connectivity index (χ1v) is 20.9. The van der Waals surface area contributed by atoms with E-state index in [9.17, 15) is 15.0 Å². The van der Waals surface area contributed by atoms with Crippen LogP contribution in [0.3, 0.4) is 0 Å². The molecule has 5 heterocycles. The lowest BCUT2D eigenvalue weighted by atomic mass is 9.67. The van der Waals surface area contributed by atoms with Crippen LogP contribution in [-0.2, 0) is 24.4 Å². The molecule has 1 aliphatic carbocycles. The maximum absolute atomic E-state index is 13.7. The number of carbonyl (C=O) groups is 2. The van der Waals surface area contributed by atoms with Gasteiger partial charge < -0.3 is 39.2 Å². The predicted octanol–water partition coefficient (Wildman–Crippen LogP) is 7.02. The Morgan fingerprint density at radius 1 is 0.804 bits per heavy atom. The van der Waals surface area contributed by atoms with Gasteiger partial charge in [-0.15, -0.1) is 11.6 Å². The van der Waals surface area contributed by atoms with Gasteiger partial charge in [-0.2, -0.15) is 0 Å². The van der Waals surface area contributed by atoms with E-state index in [2.05, 4.69) is 28.0 Å². The number of Topliss-reactive ketones (excluding diaryl/α,β-unsaturated/α-hetero) is 1. The molecule has 298 valence electrons. The molecule has 0 saturated carbocycles. The lowest BCUT2D eigenvalue weighted by molar-refractivity contribution is 0.0103. The monoisotopic (exact) mass is 784 g/mol. The molecule has 4 fully saturated rings. The number of alkyl halides is 1. The number of anilines is 2. The van der Waals surface area contributed by atoms with Crippen LogP contribution in [0.4, 0.5) is 11.4 Å². The maximum atomic E-state index is 13.7. The number of nitrogens with one attached hydrogen (secondary N) is 1. The van der Waals surface area contributed by atoms with Crippen molar-refractivity contribution in [3.8, 4) is 11.5 Å². The minimum Gasteiger partial charge on any atom is -0.457 e. The van der Waals surface area contributed by atoms with Gasteiger partial charge in [-0.25, -0.2) is 0 Å². The van der Waals surface area contributed by atoms with Crippen molar-refractivity contribution in [2.24, 2.45) is 5.73 Å². The van der Waals surface area contributed by atoms with E-state index in [0.29, 0.717) is 72.2 Å². The number of carbonyl (C=O) groups excluding carboxylic acids is 2. The normalized spacial score (nSPS) is 25.2. The highest BCUT2D eigenvalue weighted by atomic mass is 35.5. The summed E-state index contributed by atoms with van der Waals surface area (Å²) in [4.78, 5) is 30.8. The molecule has 1 spiro atoms. The Bertz CT molecular complexity index is 1920. The summed E-state index contributed by atoms with van der Waals surface area (Å²) in [5.74, 6) is 1.09. The number of nitrogens with zero attached hydrogens (tertiary/aromatic N) is 2. The number of halogens is 1. The Morgan fingerprint density at radius 2 is 1.43 bits per heavy atom. The molecule has 6 aliphatic rings. The van der Waals surface area contributed by atoms with Gasteiger partial charge in [-0.3, -0.25) is 15.0 Å². The van der Waals surface area contributed by atoms with Crippen LogP contribution in [-0.4, -0.2) is 100 Å². The third-order valence-electron chi connectivity index (χ3n) is 12.3. The van der Waals surface area contributed by atoms with E-state index in [-0.39, 0.29) is 11.5 Å². The van der Waals surface area contributed by atoms with Crippen LogP contribution < -0.4 is 20.3 Å². The van der Waals surface area contributed by atoms with Crippen LogP contribution in [0.5, 0.6) is 11.5 Å². The second-order valence-electron chi connectivity index (χ2n) is 15.6. The smallest absolute Gasteiger partial charge is 0.248 e. The average molecular weight is 785 g/mol. The number of hydrogen-bond donors (Lipinski definition) is 2. The number of morpholine rings is 1. The number of primary amides is 1. The summed E-state index contributed by atoms with van der Waals surface area (Å²) >= 11 is 5.57. The Hall–Kier alpha value is -4.00. The SMILES string of the molecule is CCOCCOCCCCCCCCl.N=C1C(=O)c2ccc(C(N)=O)cc2C12c1ccc(N3C4CCOCC3C4)cc1Oc1cc(N3C4COCC3C4)ccc12. The number of hydrogen-bond acceptors (Lipinski definition) is 10. The summed E-state index contributed by atoms with van der Waals surface area (Å²) in [6.07, 6.45) is 9.29. The summed E-state index contributed by atoms with van der Waals surface area (Å²) in [7, 11) is 0. The Labute approximate surface area is 334 Å². The molecule has 9 rings (SSSR count). The zero-order chi connectivity index (χ0) is 38.8. The van der Waals surface area contributed by atoms with Crippen molar-refractivity contribution in [3.63, 3.8) is 0 Å². The number of ketones is 1. The van der Waals surface area contributed by atoms with Gasteiger partial charge in [0.1, 0.15) is 11.5 Å². The van der Waals surface area contributed by atoms with Crippen molar-refractivity contribution >= 4 is 40.4 Å². The van der Waals surface area contributed by atoms with Crippen molar-refractivity contribution in [2.45, 2.75) is 87.9 Å². The number of amides is 1. The van der Waals surface area contributed by atoms with E-state index in [4.69, 9.17) is 41.0 Å².